The first-order chi connectivity index (χ1) is 7.93. The predicted molar refractivity (Wildman–Crippen MR) is 67.8 cm³/mol. The summed E-state index contributed by atoms with van der Waals surface area (Å²) in [5.74, 6) is 0. The molecule has 0 aromatic heterocycles. The molecule has 1 saturated heterocycles. The largest absolute Gasteiger partial charge is 0.309 e. The van der Waals surface area contributed by atoms with Gasteiger partial charge >= 0.3 is 0 Å². The van der Waals surface area contributed by atoms with Crippen molar-refractivity contribution in [3.8, 4) is 0 Å². The van der Waals surface area contributed by atoms with Gasteiger partial charge in [0.1, 0.15) is 0 Å². The van der Waals surface area contributed by atoms with E-state index in [1.54, 1.807) is 5.57 Å². The molecule has 2 heteroatoms. The average Bonchev–Trinajstić information content (AvgIpc) is 2.39. The molecule has 1 N–H and O–H groups in total. The summed E-state index contributed by atoms with van der Waals surface area (Å²) in [7, 11) is 0. The second kappa shape index (κ2) is 4.70. The first-order valence-electron chi connectivity index (χ1n) is 6.95. The monoisotopic (exact) mass is 218 g/mol. The van der Waals surface area contributed by atoms with Crippen LogP contribution in [0.1, 0.15) is 57.8 Å². The fourth-order valence-electron chi connectivity index (χ4n) is 3.25. The Morgan fingerprint density at radius 1 is 0.938 bits per heavy atom. The fraction of sp³-hybridized carbons (Fsp3) is 0.786. The van der Waals surface area contributed by atoms with Crippen LogP contribution in [0.4, 0.5) is 0 Å². The molecule has 0 bridgehead atoms. The van der Waals surface area contributed by atoms with Crippen molar-refractivity contribution in [3.63, 3.8) is 0 Å². The van der Waals surface area contributed by atoms with Crippen molar-refractivity contribution in [1.82, 2.24) is 5.32 Å². The van der Waals surface area contributed by atoms with E-state index in [4.69, 9.17) is 4.99 Å². The molecule has 2 heterocycles. The van der Waals surface area contributed by atoms with E-state index in [0.29, 0.717) is 6.04 Å². The fourth-order valence-corrected chi connectivity index (χ4v) is 3.25. The van der Waals surface area contributed by atoms with Crippen LogP contribution in [0, 0.1) is 0 Å². The maximum Gasteiger partial charge on any atom is 0.0455 e. The molecule has 1 atom stereocenters. The molecule has 0 aromatic carbocycles. The third kappa shape index (κ3) is 2.08. The Morgan fingerprint density at radius 2 is 1.88 bits per heavy atom. The van der Waals surface area contributed by atoms with Gasteiger partial charge in [-0.1, -0.05) is 6.42 Å². The third-order valence-corrected chi connectivity index (χ3v) is 4.22. The highest BCUT2D eigenvalue weighted by Crippen LogP contribution is 2.33. The number of nitrogens with one attached hydrogen (secondary N) is 1. The number of hydrogen-bond donors (Lipinski definition) is 1. The molecule has 0 spiro atoms. The Hall–Kier alpha value is -0.630. The van der Waals surface area contributed by atoms with Gasteiger partial charge in [0.25, 0.3) is 0 Å². The first-order valence-corrected chi connectivity index (χ1v) is 6.95. The van der Waals surface area contributed by atoms with Crippen molar-refractivity contribution >= 4 is 5.71 Å². The molecule has 0 amide bonds. The van der Waals surface area contributed by atoms with Gasteiger partial charge in [0, 0.05) is 17.5 Å². The van der Waals surface area contributed by atoms with Gasteiger partial charge in [-0.2, -0.15) is 0 Å². The van der Waals surface area contributed by atoms with E-state index in [0.717, 1.165) is 0 Å². The van der Waals surface area contributed by atoms with Gasteiger partial charge < -0.3 is 5.32 Å². The van der Waals surface area contributed by atoms with Crippen molar-refractivity contribution in [2.24, 2.45) is 4.99 Å². The molecule has 1 unspecified atom stereocenters. The van der Waals surface area contributed by atoms with Gasteiger partial charge in [-0.15, -0.1) is 0 Å². The van der Waals surface area contributed by atoms with Crippen LogP contribution >= 0.6 is 0 Å². The van der Waals surface area contributed by atoms with Gasteiger partial charge in [-0.05, 0) is 63.5 Å². The van der Waals surface area contributed by atoms with Crippen molar-refractivity contribution in [3.05, 3.63) is 11.3 Å². The number of nitrogens with zero attached hydrogens (tertiary/aromatic N) is 1. The molecule has 0 radical (unpaired) electrons. The van der Waals surface area contributed by atoms with Gasteiger partial charge in [-0.25, -0.2) is 0 Å². The number of aliphatic imine (C=N–C) groups is 1. The summed E-state index contributed by atoms with van der Waals surface area (Å²) >= 11 is 0. The molecule has 1 aliphatic carbocycles. The average molecular weight is 218 g/mol. The lowest BCUT2D eigenvalue weighted by Gasteiger charge is -2.30. The van der Waals surface area contributed by atoms with E-state index in [-0.39, 0.29) is 0 Å². The van der Waals surface area contributed by atoms with Gasteiger partial charge in [0.15, 0.2) is 0 Å². The van der Waals surface area contributed by atoms with E-state index >= 15 is 0 Å². The van der Waals surface area contributed by atoms with E-state index in [9.17, 15) is 0 Å². The Bertz CT molecular complexity index is 322. The molecule has 2 aliphatic heterocycles. The summed E-state index contributed by atoms with van der Waals surface area (Å²) in [5, 5.41) is 3.63. The Morgan fingerprint density at radius 3 is 2.75 bits per heavy atom. The van der Waals surface area contributed by atoms with Crippen molar-refractivity contribution in [2.45, 2.75) is 63.8 Å². The molecule has 1 fully saturated rings. The zero-order chi connectivity index (χ0) is 10.8. The predicted octanol–water partition coefficient (Wildman–Crippen LogP) is 3.19. The molecular weight excluding hydrogens is 196 g/mol. The Kier molecular flexibility index (Phi) is 3.09. The van der Waals surface area contributed by atoms with E-state index in [1.165, 1.54) is 75.7 Å². The second-order valence-corrected chi connectivity index (χ2v) is 5.36. The smallest absolute Gasteiger partial charge is 0.0455 e. The van der Waals surface area contributed by atoms with Crippen LogP contribution < -0.4 is 5.32 Å². The maximum atomic E-state index is 4.96. The number of allylic oxidation sites excluding steroid dienone is 2. The third-order valence-electron chi connectivity index (χ3n) is 4.22. The highest BCUT2D eigenvalue weighted by molar-refractivity contribution is 5.91. The van der Waals surface area contributed by atoms with E-state index in [2.05, 4.69) is 5.32 Å². The quantitative estimate of drug-likeness (QED) is 0.718. The Labute approximate surface area is 98.2 Å². The second-order valence-electron chi connectivity index (χ2n) is 5.36. The lowest BCUT2D eigenvalue weighted by atomic mass is 9.87. The first kappa shape index (κ1) is 10.5. The van der Waals surface area contributed by atoms with Crippen LogP contribution in [-0.2, 0) is 0 Å². The number of hydrogen-bond acceptors (Lipinski definition) is 2. The standard InChI is InChI=1S/C14H22N2/c1-2-6-12-11(5-1)8-9-14(16-12)13-7-3-4-10-15-13/h13,15H,1-10H2. The van der Waals surface area contributed by atoms with Gasteiger partial charge in [0.2, 0.25) is 0 Å². The van der Waals surface area contributed by atoms with Crippen molar-refractivity contribution < 1.29 is 0 Å². The number of rotatable bonds is 1. The van der Waals surface area contributed by atoms with Crippen LogP contribution in [0.25, 0.3) is 0 Å². The molecule has 0 aromatic rings. The van der Waals surface area contributed by atoms with E-state index < -0.39 is 0 Å². The molecule has 3 rings (SSSR count). The minimum atomic E-state index is 0.602. The zero-order valence-corrected chi connectivity index (χ0v) is 10.1. The van der Waals surface area contributed by atoms with Gasteiger partial charge in [0.05, 0.1) is 0 Å². The maximum absolute atomic E-state index is 4.96. The van der Waals surface area contributed by atoms with Crippen molar-refractivity contribution in [1.29, 1.82) is 0 Å². The minimum absolute atomic E-state index is 0.602. The highest BCUT2D eigenvalue weighted by atomic mass is 15.0. The molecule has 16 heavy (non-hydrogen) atoms. The molecule has 3 aliphatic rings. The molecule has 2 nitrogen and oxygen atoms in total. The Balaban J connectivity index is 1.76. The topological polar surface area (TPSA) is 24.4 Å². The molecule has 88 valence electrons. The summed E-state index contributed by atoms with van der Waals surface area (Å²) in [4.78, 5) is 4.96. The summed E-state index contributed by atoms with van der Waals surface area (Å²) in [5.41, 5.74) is 4.59. The molecular formula is C14H22N2. The lowest BCUT2D eigenvalue weighted by Crippen LogP contribution is -2.41. The van der Waals surface area contributed by atoms with Crippen LogP contribution in [0.2, 0.25) is 0 Å². The summed E-state index contributed by atoms with van der Waals surface area (Å²) in [6, 6.07) is 0.602. The van der Waals surface area contributed by atoms with Crippen LogP contribution in [0.5, 0.6) is 0 Å². The van der Waals surface area contributed by atoms with Crippen molar-refractivity contribution in [2.75, 3.05) is 6.54 Å². The normalized spacial score (nSPS) is 31.0. The van der Waals surface area contributed by atoms with E-state index in [1.807, 2.05) is 0 Å². The number of piperidine rings is 1. The zero-order valence-electron chi connectivity index (χ0n) is 10.1. The van der Waals surface area contributed by atoms with Gasteiger partial charge in [-0.3, -0.25) is 4.99 Å². The summed E-state index contributed by atoms with van der Waals surface area (Å²) < 4.78 is 0. The van der Waals surface area contributed by atoms with Crippen LogP contribution in [0.15, 0.2) is 16.3 Å². The SMILES string of the molecule is C1CCC(C2=NC3=C(CCCC3)CC2)NC1. The summed E-state index contributed by atoms with van der Waals surface area (Å²) in [6.45, 7) is 1.19. The summed E-state index contributed by atoms with van der Waals surface area (Å²) in [6.07, 6.45) is 11.9. The van der Waals surface area contributed by atoms with Crippen LogP contribution in [-0.4, -0.2) is 18.3 Å². The lowest BCUT2D eigenvalue weighted by molar-refractivity contribution is 0.465. The highest BCUT2D eigenvalue weighted by Gasteiger charge is 2.24. The van der Waals surface area contributed by atoms with Crippen LogP contribution in [0.3, 0.4) is 0 Å². The molecule has 0 saturated carbocycles. The minimum Gasteiger partial charge on any atom is -0.309 e.